The molecule has 7 heteroatoms. The van der Waals surface area contributed by atoms with E-state index in [4.69, 9.17) is 4.42 Å². The number of anilines is 1. The third kappa shape index (κ3) is 3.40. The third-order valence-corrected chi connectivity index (χ3v) is 8.99. The number of hydrogen-bond acceptors (Lipinski definition) is 5. The molecule has 0 fully saturated rings. The lowest BCUT2D eigenvalue weighted by molar-refractivity contribution is -0.553. The first-order valence-electron chi connectivity index (χ1n) is 12.3. The Bertz CT molecular complexity index is 1660. The summed E-state index contributed by atoms with van der Waals surface area (Å²) < 4.78 is 8.15. The summed E-state index contributed by atoms with van der Waals surface area (Å²) in [6.07, 6.45) is 4.39. The Hall–Kier alpha value is -3.45. The van der Waals surface area contributed by atoms with Crippen LogP contribution in [0.3, 0.4) is 0 Å². The van der Waals surface area contributed by atoms with Crippen molar-refractivity contribution in [3.63, 3.8) is 0 Å². The van der Waals surface area contributed by atoms with E-state index in [1.807, 2.05) is 24.3 Å². The highest BCUT2D eigenvalue weighted by atomic mass is 32.1. The predicted molar refractivity (Wildman–Crippen MR) is 144 cm³/mol. The van der Waals surface area contributed by atoms with E-state index in [2.05, 4.69) is 38.7 Å². The molecule has 2 aliphatic rings. The molecule has 6 rings (SSSR count). The smallest absolute Gasteiger partial charge is 0.427 e. The van der Waals surface area contributed by atoms with Gasteiger partial charge < -0.3 is 14.4 Å². The molecular formula is C29H29N2O4S+. The van der Waals surface area contributed by atoms with Crippen molar-refractivity contribution in [1.82, 2.24) is 0 Å². The van der Waals surface area contributed by atoms with E-state index in [1.165, 1.54) is 27.2 Å². The summed E-state index contributed by atoms with van der Waals surface area (Å²) in [6.45, 7) is 11.1. The van der Waals surface area contributed by atoms with Gasteiger partial charge in [0.25, 0.3) is 5.01 Å². The molecule has 1 N–H and O–H groups in total. The van der Waals surface area contributed by atoms with Gasteiger partial charge in [-0.1, -0.05) is 55.7 Å². The number of fused-ring (bicyclic) bond motifs is 3. The number of benzene rings is 2. The van der Waals surface area contributed by atoms with E-state index < -0.39 is 11.7 Å². The average Bonchev–Trinajstić information content (AvgIpc) is 3.19. The number of para-hydroxylation sites is 1. The fraction of sp³-hybridized carbons (Fsp3) is 0.345. The minimum absolute atomic E-state index is 0.0262. The summed E-state index contributed by atoms with van der Waals surface area (Å²) in [5.74, 6) is 0. The van der Waals surface area contributed by atoms with Crippen LogP contribution < -0.4 is 15.1 Å². The van der Waals surface area contributed by atoms with Crippen LogP contribution in [0.2, 0.25) is 0 Å². The van der Waals surface area contributed by atoms with Gasteiger partial charge in [0.15, 0.2) is 0 Å². The first kappa shape index (κ1) is 23.0. The van der Waals surface area contributed by atoms with E-state index in [-0.39, 0.29) is 10.8 Å². The zero-order chi connectivity index (χ0) is 25.4. The lowest BCUT2D eigenvalue weighted by Gasteiger charge is -2.48. The molecule has 0 aliphatic carbocycles. The Morgan fingerprint density at radius 2 is 1.81 bits per heavy atom. The van der Waals surface area contributed by atoms with Crippen LogP contribution in [0.15, 0.2) is 45.6 Å². The zero-order valence-electron chi connectivity index (χ0n) is 20.9. The maximum atomic E-state index is 13.2. The van der Waals surface area contributed by atoms with Crippen molar-refractivity contribution in [3.8, 4) is 0 Å². The lowest BCUT2D eigenvalue weighted by Crippen LogP contribution is -2.44. The van der Waals surface area contributed by atoms with Gasteiger partial charge in [-0.25, -0.2) is 4.79 Å². The number of aromatic nitrogens is 1. The highest BCUT2D eigenvalue weighted by Gasteiger charge is 2.41. The van der Waals surface area contributed by atoms with E-state index in [9.17, 15) is 14.7 Å². The second-order valence-electron chi connectivity index (χ2n) is 11.2. The fourth-order valence-corrected chi connectivity index (χ4v) is 6.80. The van der Waals surface area contributed by atoms with Gasteiger partial charge in [0.2, 0.25) is 5.52 Å². The molecule has 36 heavy (non-hydrogen) atoms. The van der Waals surface area contributed by atoms with Crippen molar-refractivity contribution in [2.75, 3.05) is 18.0 Å². The summed E-state index contributed by atoms with van der Waals surface area (Å²) in [7, 11) is 0. The van der Waals surface area contributed by atoms with Crippen LogP contribution in [0.5, 0.6) is 0 Å². The van der Waals surface area contributed by atoms with E-state index in [0.29, 0.717) is 21.7 Å². The number of hydrogen-bond donors (Lipinski definition) is 1. The molecule has 2 aliphatic heterocycles. The topological polar surface area (TPSA) is 74.6 Å². The van der Waals surface area contributed by atoms with Crippen molar-refractivity contribution < 1.29 is 18.9 Å². The minimum atomic E-state index is -1.06. The van der Waals surface area contributed by atoms with Gasteiger partial charge in [-0.2, -0.15) is 4.79 Å². The molecule has 0 bridgehead atoms. The highest BCUT2D eigenvalue weighted by molar-refractivity contribution is 7.19. The minimum Gasteiger partial charge on any atom is -0.427 e. The number of rotatable bonds is 2. The summed E-state index contributed by atoms with van der Waals surface area (Å²) in [5.41, 5.74) is 4.89. The zero-order valence-corrected chi connectivity index (χ0v) is 21.7. The number of carboxylic acid groups (broad SMARTS) is 1. The van der Waals surface area contributed by atoms with Gasteiger partial charge in [0, 0.05) is 41.9 Å². The Labute approximate surface area is 213 Å². The third-order valence-electron chi connectivity index (χ3n) is 7.90. The summed E-state index contributed by atoms with van der Waals surface area (Å²) in [5, 5.41) is 11.2. The van der Waals surface area contributed by atoms with E-state index >= 15 is 0 Å². The van der Waals surface area contributed by atoms with Gasteiger partial charge in [-0.3, -0.25) is 0 Å². The average molecular weight is 502 g/mol. The van der Waals surface area contributed by atoms with Crippen molar-refractivity contribution in [2.45, 2.75) is 51.4 Å². The van der Waals surface area contributed by atoms with Crippen molar-refractivity contribution in [3.05, 3.63) is 68.5 Å². The van der Waals surface area contributed by atoms with E-state index in [0.717, 1.165) is 41.6 Å². The molecule has 0 unspecified atom stereocenters. The largest absolute Gasteiger partial charge is 0.601 e. The van der Waals surface area contributed by atoms with Crippen LogP contribution in [0.1, 0.15) is 62.2 Å². The molecule has 4 heterocycles. The molecule has 6 nitrogen and oxygen atoms in total. The molecule has 0 atom stereocenters. The van der Waals surface area contributed by atoms with Crippen LogP contribution >= 0.6 is 11.3 Å². The lowest BCUT2D eigenvalue weighted by atomic mass is 9.69. The molecule has 0 spiro atoms. The predicted octanol–water partition coefficient (Wildman–Crippen LogP) is 6.16. The molecule has 184 valence electrons. The van der Waals surface area contributed by atoms with Gasteiger partial charge in [-0.05, 0) is 53.5 Å². The highest BCUT2D eigenvalue weighted by Crippen LogP contribution is 2.51. The Balaban J connectivity index is 1.54. The van der Waals surface area contributed by atoms with Crippen LogP contribution in [0.4, 0.5) is 10.5 Å². The quantitative estimate of drug-likeness (QED) is 0.263. The first-order valence-corrected chi connectivity index (χ1v) is 13.1. The SMILES string of the molecule is CC1(C)CCN2CCC(C)(C)c3c2c1cc1cc(/C=C/c2sc4ccccc4[n+]2C(=O)O)c(=O)oc31. The molecule has 0 saturated heterocycles. The molecule has 2 aromatic heterocycles. The second kappa shape index (κ2) is 7.77. The molecule has 0 saturated carbocycles. The maximum absolute atomic E-state index is 13.2. The number of carbonyl (C=O) groups is 1. The second-order valence-corrected chi connectivity index (χ2v) is 12.2. The van der Waals surface area contributed by atoms with Crippen LogP contribution in [0.25, 0.3) is 33.3 Å². The maximum Gasteiger partial charge on any atom is 0.601 e. The summed E-state index contributed by atoms with van der Waals surface area (Å²) >= 11 is 1.37. The monoisotopic (exact) mass is 501 g/mol. The Morgan fingerprint density at radius 1 is 1.08 bits per heavy atom. The molecule has 0 radical (unpaired) electrons. The molecule has 0 amide bonds. The van der Waals surface area contributed by atoms with Crippen LogP contribution in [-0.2, 0) is 10.8 Å². The van der Waals surface area contributed by atoms with Crippen molar-refractivity contribution >= 4 is 56.5 Å². The molecule has 4 aromatic rings. The molecular weight excluding hydrogens is 472 g/mol. The van der Waals surface area contributed by atoms with Crippen LogP contribution in [0, 0.1) is 0 Å². The van der Waals surface area contributed by atoms with Gasteiger partial charge in [0.05, 0.1) is 5.56 Å². The summed E-state index contributed by atoms with van der Waals surface area (Å²) in [6, 6.07) is 11.5. The van der Waals surface area contributed by atoms with Gasteiger partial charge in [-0.15, -0.1) is 0 Å². The van der Waals surface area contributed by atoms with Crippen molar-refractivity contribution in [2.24, 2.45) is 0 Å². The van der Waals surface area contributed by atoms with Gasteiger partial charge >= 0.3 is 11.7 Å². The number of nitrogens with zero attached hydrogens (tertiary/aromatic N) is 2. The Morgan fingerprint density at radius 3 is 2.56 bits per heavy atom. The standard InChI is InChI=1S/C29H28N2O4S/c1-28(2)11-13-30-14-12-29(3,4)23-24(30)19(28)16-18-15-17(26(32)35-25(18)23)9-10-22-31(27(33)34)20-7-5-6-8-21(20)36-22/h5-10,15-16H,11-14H2,1-4H3/p+1. The molecule has 2 aromatic carbocycles. The van der Waals surface area contributed by atoms with Gasteiger partial charge in [0.1, 0.15) is 10.3 Å². The first-order chi connectivity index (χ1) is 17.1. The van der Waals surface area contributed by atoms with Crippen LogP contribution in [-0.4, -0.2) is 24.3 Å². The Kier molecular flexibility index (Phi) is 4.96. The normalized spacial score (nSPS) is 18.2. The van der Waals surface area contributed by atoms with Crippen molar-refractivity contribution in [1.29, 1.82) is 0 Å². The summed E-state index contributed by atoms with van der Waals surface area (Å²) in [4.78, 5) is 27.6. The number of thiazole rings is 1. The van der Waals surface area contributed by atoms with E-state index in [1.54, 1.807) is 18.2 Å². The fourth-order valence-electron chi connectivity index (χ4n) is 5.76.